The molecule has 0 spiro atoms. The zero-order chi connectivity index (χ0) is 16.2. The zero-order valence-electron chi connectivity index (χ0n) is 13.1. The fourth-order valence-corrected chi connectivity index (χ4v) is 3.05. The molecular formula is C16H21NO4S. The van der Waals surface area contributed by atoms with Crippen LogP contribution in [0.15, 0.2) is 30.3 Å². The van der Waals surface area contributed by atoms with Crippen LogP contribution < -0.4 is 0 Å². The number of benzene rings is 1. The van der Waals surface area contributed by atoms with Crippen molar-refractivity contribution in [1.82, 2.24) is 4.90 Å². The highest BCUT2D eigenvalue weighted by Gasteiger charge is 2.39. The molecule has 0 N–H and O–H groups in total. The van der Waals surface area contributed by atoms with E-state index in [1.54, 1.807) is 32.5 Å². The van der Waals surface area contributed by atoms with E-state index in [4.69, 9.17) is 9.47 Å². The molecule has 120 valence electrons. The van der Waals surface area contributed by atoms with Gasteiger partial charge in [-0.3, -0.25) is 4.90 Å². The number of cyclic esters (lactones) is 1. The summed E-state index contributed by atoms with van der Waals surface area (Å²) >= 11 is 1.60. The first-order chi connectivity index (χ1) is 10.4. The number of carbonyl (C=O) groups is 2. The quantitative estimate of drug-likeness (QED) is 0.797. The molecular weight excluding hydrogens is 302 g/mol. The van der Waals surface area contributed by atoms with E-state index < -0.39 is 17.7 Å². The van der Waals surface area contributed by atoms with Crippen LogP contribution in [0, 0.1) is 0 Å². The number of esters is 1. The zero-order valence-corrected chi connectivity index (χ0v) is 13.9. The van der Waals surface area contributed by atoms with Gasteiger partial charge in [-0.1, -0.05) is 30.3 Å². The van der Waals surface area contributed by atoms with Crippen LogP contribution in [0.3, 0.4) is 0 Å². The normalized spacial score (nSPS) is 18.2. The third-order valence-electron chi connectivity index (χ3n) is 3.01. The Balaban J connectivity index is 1.89. The lowest BCUT2D eigenvalue weighted by Crippen LogP contribution is -2.42. The first-order valence-corrected chi connectivity index (χ1v) is 8.30. The first-order valence-electron chi connectivity index (χ1n) is 7.15. The summed E-state index contributed by atoms with van der Waals surface area (Å²) in [7, 11) is 0. The molecule has 1 aromatic carbocycles. The summed E-state index contributed by atoms with van der Waals surface area (Å²) in [6.07, 6.45) is -0.510. The SMILES string of the molecule is CC(C)(C)OC(=O)N1COC(=O)[C@@H]1CSCc1ccccc1. The Hall–Kier alpha value is -1.69. The Labute approximate surface area is 135 Å². The molecule has 1 aliphatic rings. The van der Waals surface area contributed by atoms with E-state index in [0.29, 0.717) is 5.75 Å². The van der Waals surface area contributed by atoms with E-state index in [9.17, 15) is 9.59 Å². The second kappa shape index (κ2) is 7.05. The number of thioether (sulfide) groups is 1. The number of hydrogen-bond donors (Lipinski definition) is 0. The summed E-state index contributed by atoms with van der Waals surface area (Å²) in [5, 5.41) is 0. The summed E-state index contributed by atoms with van der Waals surface area (Å²) in [6.45, 7) is 5.35. The van der Waals surface area contributed by atoms with Crippen molar-refractivity contribution in [1.29, 1.82) is 0 Å². The molecule has 1 saturated heterocycles. The molecule has 5 nitrogen and oxygen atoms in total. The van der Waals surface area contributed by atoms with Gasteiger partial charge in [0.2, 0.25) is 0 Å². The molecule has 0 aliphatic carbocycles. The van der Waals surface area contributed by atoms with Crippen LogP contribution in [0.1, 0.15) is 26.3 Å². The number of ether oxygens (including phenoxy) is 2. The van der Waals surface area contributed by atoms with E-state index in [1.165, 1.54) is 10.5 Å². The Kier molecular flexibility index (Phi) is 5.34. The van der Waals surface area contributed by atoms with Gasteiger partial charge in [-0.05, 0) is 26.3 Å². The van der Waals surface area contributed by atoms with Gasteiger partial charge in [0.15, 0.2) is 6.73 Å². The Morgan fingerprint density at radius 3 is 2.68 bits per heavy atom. The molecule has 1 atom stereocenters. The highest BCUT2D eigenvalue weighted by molar-refractivity contribution is 7.98. The van der Waals surface area contributed by atoms with Crippen molar-refractivity contribution < 1.29 is 19.1 Å². The average molecular weight is 323 g/mol. The predicted molar refractivity (Wildman–Crippen MR) is 85.4 cm³/mol. The number of nitrogens with zero attached hydrogens (tertiary/aromatic N) is 1. The van der Waals surface area contributed by atoms with Gasteiger partial charge in [-0.25, -0.2) is 9.59 Å². The molecule has 0 aromatic heterocycles. The van der Waals surface area contributed by atoms with Gasteiger partial charge < -0.3 is 9.47 Å². The summed E-state index contributed by atoms with van der Waals surface area (Å²) < 4.78 is 10.3. The molecule has 22 heavy (non-hydrogen) atoms. The van der Waals surface area contributed by atoms with Crippen LogP contribution >= 0.6 is 11.8 Å². The Morgan fingerprint density at radius 1 is 1.36 bits per heavy atom. The average Bonchev–Trinajstić information content (AvgIpc) is 2.80. The van der Waals surface area contributed by atoms with Gasteiger partial charge in [-0.2, -0.15) is 11.8 Å². The maximum Gasteiger partial charge on any atom is 0.413 e. The van der Waals surface area contributed by atoms with Crippen LogP contribution in [-0.2, 0) is 20.0 Å². The van der Waals surface area contributed by atoms with Crippen molar-refractivity contribution >= 4 is 23.8 Å². The molecule has 2 rings (SSSR count). The summed E-state index contributed by atoms with van der Waals surface area (Å²) in [5.41, 5.74) is 0.590. The maximum absolute atomic E-state index is 12.1. The van der Waals surface area contributed by atoms with Crippen LogP contribution in [0.25, 0.3) is 0 Å². The second-order valence-corrected chi connectivity index (χ2v) is 7.09. The molecule has 1 heterocycles. The van der Waals surface area contributed by atoms with Gasteiger partial charge in [0.1, 0.15) is 11.6 Å². The van der Waals surface area contributed by atoms with Crippen LogP contribution in [0.2, 0.25) is 0 Å². The summed E-state index contributed by atoms with van der Waals surface area (Å²) in [5.74, 6) is 0.908. The van der Waals surface area contributed by atoms with Gasteiger partial charge >= 0.3 is 12.1 Å². The minimum absolute atomic E-state index is 0.0374. The van der Waals surface area contributed by atoms with E-state index in [0.717, 1.165) is 5.75 Å². The van der Waals surface area contributed by atoms with Crippen LogP contribution in [-0.4, -0.2) is 41.1 Å². The molecule has 0 bridgehead atoms. The lowest BCUT2D eigenvalue weighted by Gasteiger charge is -2.25. The fraction of sp³-hybridized carbons (Fsp3) is 0.500. The summed E-state index contributed by atoms with van der Waals surface area (Å²) in [4.78, 5) is 25.3. The number of carbonyl (C=O) groups excluding carboxylic acids is 2. The fourth-order valence-electron chi connectivity index (χ4n) is 1.97. The molecule has 1 aliphatic heterocycles. The molecule has 0 saturated carbocycles. The second-order valence-electron chi connectivity index (χ2n) is 6.06. The van der Waals surface area contributed by atoms with Gasteiger partial charge in [0.05, 0.1) is 0 Å². The third kappa shape index (κ3) is 4.66. The number of amides is 1. The molecule has 0 radical (unpaired) electrons. The standard InChI is InChI=1S/C16H21NO4S/c1-16(2,3)21-15(19)17-11-20-14(18)13(17)10-22-9-12-7-5-4-6-8-12/h4-8,13H,9-11H2,1-3H3/t13-/m0/s1. The Morgan fingerprint density at radius 2 is 2.05 bits per heavy atom. The van der Waals surface area contributed by atoms with Crippen molar-refractivity contribution in [2.45, 2.75) is 38.2 Å². The lowest BCUT2D eigenvalue weighted by atomic mass is 10.2. The number of hydrogen-bond acceptors (Lipinski definition) is 5. The predicted octanol–water partition coefficient (Wildman–Crippen LogP) is 3.04. The van der Waals surface area contributed by atoms with Gasteiger partial charge in [-0.15, -0.1) is 0 Å². The first kappa shape index (κ1) is 16.7. The topological polar surface area (TPSA) is 55.8 Å². The van der Waals surface area contributed by atoms with Crippen molar-refractivity contribution in [3.8, 4) is 0 Å². The molecule has 1 amide bonds. The third-order valence-corrected chi connectivity index (χ3v) is 4.10. The van der Waals surface area contributed by atoms with Gasteiger partial charge in [0, 0.05) is 11.5 Å². The van der Waals surface area contributed by atoms with Crippen LogP contribution in [0.4, 0.5) is 4.79 Å². The highest BCUT2D eigenvalue weighted by atomic mass is 32.2. The molecule has 6 heteroatoms. The molecule has 1 fully saturated rings. The van der Waals surface area contributed by atoms with Gasteiger partial charge in [0.25, 0.3) is 0 Å². The van der Waals surface area contributed by atoms with E-state index in [2.05, 4.69) is 0 Å². The minimum atomic E-state index is -0.593. The molecule has 1 aromatic rings. The van der Waals surface area contributed by atoms with E-state index in [1.807, 2.05) is 30.3 Å². The van der Waals surface area contributed by atoms with Crippen LogP contribution in [0.5, 0.6) is 0 Å². The minimum Gasteiger partial charge on any atom is -0.444 e. The maximum atomic E-state index is 12.1. The lowest BCUT2D eigenvalue weighted by molar-refractivity contribution is -0.138. The van der Waals surface area contributed by atoms with E-state index in [-0.39, 0.29) is 12.7 Å². The van der Waals surface area contributed by atoms with Crippen molar-refractivity contribution in [3.05, 3.63) is 35.9 Å². The monoisotopic (exact) mass is 323 g/mol. The molecule has 0 unspecified atom stereocenters. The smallest absolute Gasteiger partial charge is 0.413 e. The van der Waals surface area contributed by atoms with E-state index >= 15 is 0 Å². The van der Waals surface area contributed by atoms with Crippen molar-refractivity contribution in [3.63, 3.8) is 0 Å². The largest absolute Gasteiger partial charge is 0.444 e. The highest BCUT2D eigenvalue weighted by Crippen LogP contribution is 2.22. The summed E-state index contributed by atoms with van der Waals surface area (Å²) in [6, 6.07) is 9.41. The van der Waals surface area contributed by atoms with Crippen molar-refractivity contribution in [2.75, 3.05) is 12.5 Å². The van der Waals surface area contributed by atoms with Crippen molar-refractivity contribution in [2.24, 2.45) is 0 Å². The Bertz CT molecular complexity index is 527. The number of rotatable bonds is 4.